The third kappa shape index (κ3) is 3.91. The van der Waals surface area contributed by atoms with E-state index in [-0.39, 0.29) is 35.6 Å². The van der Waals surface area contributed by atoms with E-state index in [2.05, 4.69) is 27.8 Å². The van der Waals surface area contributed by atoms with E-state index >= 15 is 0 Å². The minimum absolute atomic E-state index is 0.0471. The summed E-state index contributed by atoms with van der Waals surface area (Å²) in [7, 11) is 0. The molecule has 6 rings (SSSR count). The molecule has 1 aromatic carbocycles. The lowest BCUT2D eigenvalue weighted by Gasteiger charge is -2.28. The predicted octanol–water partition coefficient (Wildman–Crippen LogP) is 3.42. The fourth-order valence-electron chi connectivity index (χ4n) is 5.79. The van der Waals surface area contributed by atoms with Crippen LogP contribution in [0, 0.1) is 17.8 Å². The first kappa shape index (κ1) is 21.1. The number of amides is 2. The Kier molecular flexibility index (Phi) is 5.23. The summed E-state index contributed by atoms with van der Waals surface area (Å²) in [6, 6.07) is 7.45. The summed E-state index contributed by atoms with van der Waals surface area (Å²) < 4.78 is 0. The van der Waals surface area contributed by atoms with E-state index in [9.17, 15) is 9.59 Å². The Morgan fingerprint density at radius 1 is 1.09 bits per heavy atom. The second kappa shape index (κ2) is 8.42. The Labute approximate surface area is 199 Å². The van der Waals surface area contributed by atoms with Crippen LogP contribution in [-0.4, -0.2) is 45.8 Å². The molecule has 4 atom stereocenters. The maximum atomic E-state index is 12.8. The van der Waals surface area contributed by atoms with Crippen molar-refractivity contribution in [2.24, 2.45) is 23.5 Å². The number of aromatic nitrogens is 2. The minimum atomic E-state index is -0.255. The van der Waals surface area contributed by atoms with Gasteiger partial charge in [0.2, 0.25) is 11.9 Å². The monoisotopic (exact) mass is 458 g/mol. The number of likely N-dealkylation sites (tertiary alicyclic amines) is 1. The normalized spacial score (nSPS) is 27.2. The van der Waals surface area contributed by atoms with Gasteiger partial charge in [0.15, 0.2) is 0 Å². The van der Waals surface area contributed by atoms with Crippen LogP contribution in [0.5, 0.6) is 0 Å². The predicted molar refractivity (Wildman–Crippen MR) is 130 cm³/mol. The number of hydrogen-bond donors (Lipinski definition) is 3. The molecule has 0 unspecified atom stereocenters. The maximum Gasteiger partial charge on any atom is 0.253 e. The number of fused-ring (bicyclic) bond motifs is 2. The van der Waals surface area contributed by atoms with Gasteiger partial charge in [0.25, 0.3) is 5.91 Å². The molecule has 3 aliphatic carbocycles. The number of nitrogens with zero attached hydrogens (tertiary/aromatic N) is 3. The summed E-state index contributed by atoms with van der Waals surface area (Å²) in [6.45, 7) is 1.64. The van der Waals surface area contributed by atoms with Crippen molar-refractivity contribution in [2.75, 3.05) is 23.7 Å². The molecule has 4 aliphatic rings. The van der Waals surface area contributed by atoms with Crippen LogP contribution in [0.4, 0.5) is 17.5 Å². The molecule has 2 saturated carbocycles. The zero-order valence-electron chi connectivity index (χ0n) is 19.1. The van der Waals surface area contributed by atoms with Crippen LogP contribution in [0.2, 0.25) is 0 Å². The molecule has 34 heavy (non-hydrogen) atoms. The summed E-state index contributed by atoms with van der Waals surface area (Å²) >= 11 is 0. The number of nitrogens with one attached hydrogen (secondary N) is 2. The van der Waals surface area contributed by atoms with Crippen molar-refractivity contribution in [2.45, 2.75) is 44.1 Å². The smallest absolute Gasteiger partial charge is 0.253 e. The standard InChI is InChI=1S/C26H30N6O2/c27-23(33)21-16-8-9-17(12-16)22(21)30-24-20(15-6-7-15)14-28-26(31-24)29-19-5-3-4-18(13-19)25(34)32-10-1-2-11-32/h3-5,8-9,13-17,21-22H,1-2,6-7,10-12H2,(H2,27,33)(H2,28,29,30,31)/t16-,17+,21+,22-/m1/s1. The van der Waals surface area contributed by atoms with Gasteiger partial charge in [-0.05, 0) is 68.1 Å². The first-order chi connectivity index (χ1) is 16.6. The van der Waals surface area contributed by atoms with Crippen LogP contribution in [0.25, 0.3) is 0 Å². The van der Waals surface area contributed by atoms with Gasteiger partial charge < -0.3 is 21.3 Å². The molecular weight excluding hydrogens is 428 g/mol. The van der Waals surface area contributed by atoms with Crippen molar-refractivity contribution in [3.8, 4) is 0 Å². The number of anilines is 3. The van der Waals surface area contributed by atoms with Gasteiger partial charge in [-0.15, -0.1) is 0 Å². The van der Waals surface area contributed by atoms with Crippen LogP contribution < -0.4 is 16.4 Å². The molecule has 0 radical (unpaired) electrons. The Hall–Kier alpha value is -3.42. The highest BCUT2D eigenvalue weighted by atomic mass is 16.2. The number of allylic oxidation sites excluding steroid dienone is 1. The second-order valence-electron chi connectivity index (χ2n) is 10.0. The molecule has 1 saturated heterocycles. The van der Waals surface area contributed by atoms with Gasteiger partial charge >= 0.3 is 0 Å². The van der Waals surface area contributed by atoms with E-state index in [1.807, 2.05) is 35.4 Å². The van der Waals surface area contributed by atoms with Crippen LogP contribution >= 0.6 is 0 Å². The van der Waals surface area contributed by atoms with Crippen molar-refractivity contribution in [3.63, 3.8) is 0 Å². The first-order valence-corrected chi connectivity index (χ1v) is 12.3. The lowest BCUT2D eigenvalue weighted by Crippen LogP contribution is -2.41. The third-order valence-corrected chi connectivity index (χ3v) is 7.68. The summed E-state index contributed by atoms with van der Waals surface area (Å²) in [4.78, 5) is 36.3. The minimum Gasteiger partial charge on any atom is -0.369 e. The molecule has 2 amide bonds. The van der Waals surface area contributed by atoms with Gasteiger partial charge in [-0.25, -0.2) is 4.98 Å². The number of rotatable bonds is 7. The SMILES string of the molecule is NC(=O)[C@@H]1[C@H](Nc2nc(Nc3cccc(C(=O)N4CCCC4)c3)ncc2C2CC2)[C@H]2C=C[C@@H]1C2. The van der Waals surface area contributed by atoms with E-state index in [0.29, 0.717) is 17.4 Å². The van der Waals surface area contributed by atoms with Crippen molar-refractivity contribution in [1.82, 2.24) is 14.9 Å². The Bertz CT molecular complexity index is 1150. The molecule has 3 fully saturated rings. The van der Waals surface area contributed by atoms with Crippen molar-refractivity contribution < 1.29 is 9.59 Å². The molecule has 8 nitrogen and oxygen atoms in total. The van der Waals surface area contributed by atoms with E-state index in [4.69, 9.17) is 10.7 Å². The zero-order chi connectivity index (χ0) is 23.2. The molecule has 2 aromatic rings. The number of nitrogens with two attached hydrogens (primary N) is 1. The number of hydrogen-bond acceptors (Lipinski definition) is 6. The molecule has 0 spiro atoms. The van der Waals surface area contributed by atoms with E-state index in [1.165, 1.54) is 0 Å². The molecule has 2 heterocycles. The van der Waals surface area contributed by atoms with Gasteiger partial charge in [-0.1, -0.05) is 18.2 Å². The molecule has 176 valence electrons. The Balaban J connectivity index is 1.24. The average molecular weight is 459 g/mol. The van der Waals surface area contributed by atoms with Crippen LogP contribution in [0.1, 0.15) is 53.9 Å². The molecule has 1 aromatic heterocycles. The molecule has 8 heteroatoms. The highest BCUT2D eigenvalue weighted by Gasteiger charge is 2.48. The van der Waals surface area contributed by atoms with Crippen molar-refractivity contribution in [1.29, 1.82) is 0 Å². The van der Waals surface area contributed by atoms with Crippen LogP contribution in [0.15, 0.2) is 42.6 Å². The van der Waals surface area contributed by atoms with Gasteiger partial charge in [-0.2, -0.15) is 4.98 Å². The Morgan fingerprint density at radius 2 is 1.88 bits per heavy atom. The highest BCUT2D eigenvalue weighted by Crippen LogP contribution is 2.47. The fraction of sp³-hybridized carbons (Fsp3) is 0.462. The number of benzene rings is 1. The van der Waals surface area contributed by atoms with Gasteiger partial charge in [0.1, 0.15) is 5.82 Å². The number of carbonyl (C=O) groups excluding carboxylic acids is 2. The summed E-state index contributed by atoms with van der Waals surface area (Å²) in [5, 5.41) is 6.85. The summed E-state index contributed by atoms with van der Waals surface area (Å²) in [6.07, 6.45) is 11.5. The number of primary amides is 1. The van der Waals surface area contributed by atoms with Gasteiger partial charge in [-0.3, -0.25) is 9.59 Å². The molecule has 2 bridgehead atoms. The lowest BCUT2D eigenvalue weighted by atomic mass is 9.88. The fourth-order valence-corrected chi connectivity index (χ4v) is 5.79. The third-order valence-electron chi connectivity index (χ3n) is 7.68. The first-order valence-electron chi connectivity index (χ1n) is 12.3. The topological polar surface area (TPSA) is 113 Å². The van der Waals surface area contributed by atoms with E-state index < -0.39 is 0 Å². The van der Waals surface area contributed by atoms with Gasteiger partial charge in [0.05, 0.1) is 5.92 Å². The van der Waals surface area contributed by atoms with Crippen molar-refractivity contribution >= 4 is 29.3 Å². The lowest BCUT2D eigenvalue weighted by molar-refractivity contribution is -0.122. The van der Waals surface area contributed by atoms with E-state index in [1.54, 1.807) is 0 Å². The van der Waals surface area contributed by atoms with E-state index in [0.717, 1.165) is 62.3 Å². The van der Waals surface area contributed by atoms with Crippen LogP contribution in [0.3, 0.4) is 0 Å². The summed E-state index contributed by atoms with van der Waals surface area (Å²) in [5.74, 6) is 1.78. The maximum absolute atomic E-state index is 12.8. The van der Waals surface area contributed by atoms with Crippen LogP contribution in [-0.2, 0) is 4.79 Å². The van der Waals surface area contributed by atoms with Gasteiger partial charge in [0, 0.05) is 42.1 Å². The quantitative estimate of drug-likeness (QED) is 0.548. The largest absolute Gasteiger partial charge is 0.369 e. The zero-order valence-corrected chi connectivity index (χ0v) is 19.1. The van der Waals surface area contributed by atoms with Crippen molar-refractivity contribution in [3.05, 3.63) is 53.7 Å². The molecule has 4 N–H and O–H groups in total. The molecular formula is C26H30N6O2. The highest BCUT2D eigenvalue weighted by molar-refractivity contribution is 5.95. The average Bonchev–Trinajstić information content (AvgIpc) is 3.22. The second-order valence-corrected chi connectivity index (χ2v) is 10.0. The molecule has 1 aliphatic heterocycles. The Morgan fingerprint density at radius 3 is 2.65 bits per heavy atom. The number of carbonyl (C=O) groups is 2. The summed E-state index contributed by atoms with van der Waals surface area (Å²) in [5.41, 5.74) is 8.30.